The minimum Gasteiger partial charge on any atom is -0.444 e. The van der Waals surface area contributed by atoms with Crippen LogP contribution in [0.25, 0.3) is 0 Å². The molecule has 0 aromatic heterocycles. The second-order valence-corrected chi connectivity index (χ2v) is 17.3. The van der Waals surface area contributed by atoms with Crippen LogP contribution in [0.5, 0.6) is 0 Å². The van der Waals surface area contributed by atoms with Gasteiger partial charge in [-0.1, -0.05) is 24.3 Å². The van der Waals surface area contributed by atoms with Gasteiger partial charge in [0.25, 0.3) is 5.91 Å². The van der Waals surface area contributed by atoms with E-state index in [1.807, 2.05) is 9.80 Å². The van der Waals surface area contributed by atoms with Crippen LogP contribution in [0.4, 0.5) is 9.18 Å². The SMILES string of the molecule is CN1CCCC1CCNC(=O)C1=CN2C3CC4C(=O)c5ccccc5C(=O)C4CC3OC3C(N4CCC(NC(=O)OC(C)(C)C)C4)C(F)CC(C1=O)C32. The van der Waals surface area contributed by atoms with Crippen LogP contribution in [0.1, 0.15) is 86.4 Å². The Hall–Kier alpha value is -3.68. The van der Waals surface area contributed by atoms with E-state index < -0.39 is 65.8 Å². The first-order valence-electron chi connectivity index (χ1n) is 19.5. The van der Waals surface area contributed by atoms with Crippen molar-refractivity contribution in [3.63, 3.8) is 0 Å². The van der Waals surface area contributed by atoms with E-state index in [1.54, 1.807) is 51.2 Å². The summed E-state index contributed by atoms with van der Waals surface area (Å²) in [6.45, 7) is 7.74. The summed E-state index contributed by atoms with van der Waals surface area (Å²) in [5.74, 6) is -2.95. The molecule has 2 saturated carbocycles. The monoisotopic (exact) mass is 733 g/mol. The number of benzene rings is 1. The van der Waals surface area contributed by atoms with Gasteiger partial charge in [-0.25, -0.2) is 9.18 Å². The van der Waals surface area contributed by atoms with Crippen LogP contribution in [0.15, 0.2) is 36.0 Å². The van der Waals surface area contributed by atoms with Gasteiger partial charge in [0.05, 0.1) is 35.9 Å². The number of rotatable bonds is 6. The molecule has 0 radical (unpaired) electrons. The zero-order chi connectivity index (χ0) is 37.3. The van der Waals surface area contributed by atoms with Crippen LogP contribution in [0.3, 0.4) is 0 Å². The number of alkyl halides is 1. The maximum absolute atomic E-state index is 16.7. The summed E-state index contributed by atoms with van der Waals surface area (Å²) in [4.78, 5) is 74.7. The van der Waals surface area contributed by atoms with E-state index in [9.17, 15) is 24.0 Å². The number of fused-ring (bicyclic) bond motifs is 4. The highest BCUT2D eigenvalue weighted by molar-refractivity contribution is 6.20. The van der Waals surface area contributed by atoms with Crippen molar-refractivity contribution in [1.82, 2.24) is 25.3 Å². The number of halogens is 1. The molecule has 2 N–H and O–H groups in total. The van der Waals surface area contributed by atoms with E-state index in [0.29, 0.717) is 49.6 Å². The van der Waals surface area contributed by atoms with Gasteiger partial charge >= 0.3 is 6.09 Å². The Balaban J connectivity index is 1.09. The van der Waals surface area contributed by atoms with E-state index in [-0.39, 0.29) is 47.8 Å². The van der Waals surface area contributed by atoms with Gasteiger partial charge in [0.1, 0.15) is 11.8 Å². The van der Waals surface area contributed by atoms with Gasteiger partial charge in [-0.3, -0.25) is 24.1 Å². The third kappa shape index (κ3) is 6.60. The summed E-state index contributed by atoms with van der Waals surface area (Å²) >= 11 is 0. The van der Waals surface area contributed by atoms with Crippen LogP contribution < -0.4 is 10.6 Å². The molecule has 2 amide bonds. The van der Waals surface area contributed by atoms with E-state index in [1.165, 1.54) is 0 Å². The molecule has 11 unspecified atom stereocenters. The van der Waals surface area contributed by atoms with E-state index in [0.717, 1.165) is 25.8 Å². The molecule has 286 valence electrons. The number of Topliss-reactive ketones (excluding diaryl/α,β-unsaturated/α-hetero) is 3. The Morgan fingerprint density at radius 1 is 0.943 bits per heavy atom. The Kier molecular flexibility index (Phi) is 9.50. The number of carbonyl (C=O) groups excluding carboxylic acids is 5. The predicted molar refractivity (Wildman–Crippen MR) is 192 cm³/mol. The molecule has 13 heteroatoms. The fourth-order valence-corrected chi connectivity index (χ4v) is 10.5. The number of alkyl carbamates (subject to hydrolysis) is 1. The molecule has 4 heterocycles. The summed E-state index contributed by atoms with van der Waals surface area (Å²) in [6, 6.07) is 5.41. The Morgan fingerprint density at radius 3 is 2.34 bits per heavy atom. The Bertz CT molecular complexity index is 1710. The second kappa shape index (κ2) is 13.9. The fraction of sp³-hybridized carbons (Fsp3) is 0.675. The highest BCUT2D eigenvalue weighted by Gasteiger charge is 2.62. The third-order valence-electron chi connectivity index (χ3n) is 12.9. The van der Waals surface area contributed by atoms with E-state index >= 15 is 4.39 Å². The number of likely N-dealkylation sites (tertiary alicyclic amines) is 2. The number of nitrogens with one attached hydrogen (secondary N) is 2. The van der Waals surface area contributed by atoms with Crippen LogP contribution in [-0.4, -0.2) is 131 Å². The van der Waals surface area contributed by atoms with Gasteiger partial charge in [-0.2, -0.15) is 0 Å². The molecule has 11 atom stereocenters. The lowest BCUT2D eigenvalue weighted by molar-refractivity contribution is -0.214. The van der Waals surface area contributed by atoms with E-state index in [2.05, 4.69) is 22.6 Å². The molecule has 0 spiro atoms. The molecule has 5 fully saturated rings. The lowest BCUT2D eigenvalue weighted by atomic mass is 9.63. The maximum Gasteiger partial charge on any atom is 0.407 e. The largest absolute Gasteiger partial charge is 0.444 e. The topological polar surface area (TPSA) is 138 Å². The summed E-state index contributed by atoms with van der Waals surface area (Å²) < 4.78 is 29.1. The minimum atomic E-state index is -1.44. The standard InChI is InChI=1S/C40H52FN5O7/c1-40(2,3)53-39(51)43-21-12-15-45(19-21)33-29(41)16-27-32-37(33)52-31-18-26-25(34(47)23-9-5-6-10-24(23)35(26)48)17-30(31)46(32)20-28(36(27)49)38(50)42-13-11-22-8-7-14-44(22)4/h5-6,9-10,20-22,25-27,29-33,37H,7-8,11-19H2,1-4H3,(H,42,50)(H,43,51). The number of amides is 2. The van der Waals surface area contributed by atoms with Gasteiger partial charge in [0, 0.05) is 66.8 Å². The van der Waals surface area contributed by atoms with Crippen molar-refractivity contribution >= 4 is 29.4 Å². The van der Waals surface area contributed by atoms with Gasteiger partial charge in [-0.15, -0.1) is 0 Å². The highest BCUT2D eigenvalue weighted by Crippen LogP contribution is 2.50. The number of ether oxygens (including phenoxy) is 2. The van der Waals surface area contributed by atoms with Crippen molar-refractivity contribution in [2.24, 2.45) is 17.8 Å². The third-order valence-corrected chi connectivity index (χ3v) is 12.9. The second-order valence-electron chi connectivity index (χ2n) is 17.3. The van der Waals surface area contributed by atoms with Crippen molar-refractivity contribution in [3.05, 3.63) is 47.2 Å². The van der Waals surface area contributed by atoms with Crippen molar-refractivity contribution in [1.29, 1.82) is 0 Å². The van der Waals surface area contributed by atoms with Crippen LogP contribution >= 0.6 is 0 Å². The molecule has 8 rings (SSSR count). The summed E-state index contributed by atoms with van der Waals surface area (Å²) in [6.07, 6.45) is 2.51. The predicted octanol–water partition coefficient (Wildman–Crippen LogP) is 3.29. The molecule has 53 heavy (non-hydrogen) atoms. The number of morpholine rings is 1. The van der Waals surface area contributed by atoms with Crippen molar-refractivity contribution in [2.75, 3.05) is 33.2 Å². The van der Waals surface area contributed by atoms with Crippen molar-refractivity contribution in [2.45, 2.75) is 120 Å². The zero-order valence-corrected chi connectivity index (χ0v) is 31.1. The number of nitrogens with zero attached hydrogens (tertiary/aromatic N) is 3. The quantitative estimate of drug-likeness (QED) is 0.420. The molecule has 0 bridgehead atoms. The highest BCUT2D eigenvalue weighted by atomic mass is 19.1. The molecule has 1 aromatic rings. The van der Waals surface area contributed by atoms with Crippen LogP contribution in [0.2, 0.25) is 0 Å². The summed E-state index contributed by atoms with van der Waals surface area (Å²) in [7, 11) is 2.08. The number of hydrogen-bond donors (Lipinski definition) is 2. The molecule has 3 saturated heterocycles. The lowest BCUT2D eigenvalue weighted by Gasteiger charge is -2.61. The molecule has 12 nitrogen and oxygen atoms in total. The van der Waals surface area contributed by atoms with E-state index in [4.69, 9.17) is 9.47 Å². The summed E-state index contributed by atoms with van der Waals surface area (Å²) in [5.41, 5.74) is 0.216. The molecule has 3 aliphatic carbocycles. The first-order chi connectivity index (χ1) is 25.3. The Morgan fingerprint density at radius 2 is 1.66 bits per heavy atom. The van der Waals surface area contributed by atoms with Gasteiger partial charge in [0.15, 0.2) is 17.3 Å². The molecule has 7 aliphatic rings. The van der Waals surface area contributed by atoms with Crippen LogP contribution in [0, 0.1) is 17.8 Å². The molecule has 4 aliphatic heterocycles. The average molecular weight is 734 g/mol. The first kappa shape index (κ1) is 36.3. The fourth-order valence-electron chi connectivity index (χ4n) is 10.5. The van der Waals surface area contributed by atoms with Gasteiger partial charge in [0.2, 0.25) is 0 Å². The van der Waals surface area contributed by atoms with Gasteiger partial charge in [-0.05, 0) is 79.3 Å². The zero-order valence-electron chi connectivity index (χ0n) is 31.1. The number of carbonyl (C=O) groups is 5. The van der Waals surface area contributed by atoms with Crippen molar-refractivity contribution in [3.8, 4) is 0 Å². The van der Waals surface area contributed by atoms with Gasteiger partial charge < -0.3 is 29.9 Å². The number of hydrogen-bond acceptors (Lipinski definition) is 10. The Labute approximate surface area is 310 Å². The summed E-state index contributed by atoms with van der Waals surface area (Å²) in [5, 5.41) is 5.91. The average Bonchev–Trinajstić information content (AvgIpc) is 3.74. The minimum absolute atomic E-state index is 0.0115. The molecule has 1 aromatic carbocycles. The molecular formula is C40H52FN5O7. The van der Waals surface area contributed by atoms with Crippen LogP contribution in [-0.2, 0) is 19.1 Å². The maximum atomic E-state index is 16.7. The lowest BCUT2D eigenvalue weighted by Crippen LogP contribution is -2.74. The molecular weight excluding hydrogens is 681 g/mol. The smallest absolute Gasteiger partial charge is 0.407 e. The number of ketones is 3. The normalized spacial score (nSPS) is 36.9. The first-order valence-corrected chi connectivity index (χ1v) is 19.5. The van der Waals surface area contributed by atoms with Crippen molar-refractivity contribution < 1.29 is 37.8 Å².